The van der Waals surface area contributed by atoms with Gasteiger partial charge in [0.05, 0.1) is 42.4 Å². The summed E-state index contributed by atoms with van der Waals surface area (Å²) in [7, 11) is -3.30. The van der Waals surface area contributed by atoms with Gasteiger partial charge in [-0.05, 0) is 32.8 Å². The molecule has 10 heteroatoms. The lowest BCUT2D eigenvalue weighted by Crippen LogP contribution is -2.44. The second kappa shape index (κ2) is 6.27. The fourth-order valence-electron chi connectivity index (χ4n) is 4.16. The number of H-pyrrole nitrogens is 1. The van der Waals surface area contributed by atoms with Gasteiger partial charge in [-0.3, -0.25) is 5.10 Å². The summed E-state index contributed by atoms with van der Waals surface area (Å²) in [5.74, 6) is 0.757. The zero-order valence-electron chi connectivity index (χ0n) is 16.7. The van der Waals surface area contributed by atoms with Gasteiger partial charge in [-0.2, -0.15) is 10.2 Å². The van der Waals surface area contributed by atoms with Crippen LogP contribution < -0.4 is 4.90 Å². The average Bonchev–Trinajstić information content (AvgIpc) is 3.23. The Labute approximate surface area is 169 Å². The molecule has 1 N–H and O–H groups in total. The third-order valence-electron chi connectivity index (χ3n) is 5.98. The highest BCUT2D eigenvalue weighted by Crippen LogP contribution is 2.53. The van der Waals surface area contributed by atoms with Crippen molar-refractivity contribution in [3.8, 4) is 11.3 Å². The van der Waals surface area contributed by atoms with Crippen molar-refractivity contribution >= 4 is 21.3 Å². The Hall–Kier alpha value is -2.46. The molecule has 0 radical (unpaired) electrons. The van der Waals surface area contributed by atoms with Crippen LogP contribution in [0, 0.1) is 6.92 Å². The van der Waals surface area contributed by atoms with Crippen molar-refractivity contribution in [3.05, 3.63) is 29.7 Å². The lowest BCUT2D eigenvalue weighted by Gasteiger charge is -2.34. The summed E-state index contributed by atoms with van der Waals surface area (Å²) in [6, 6.07) is 3.99. The number of fused-ring (bicyclic) bond motifs is 1. The van der Waals surface area contributed by atoms with Crippen molar-refractivity contribution < 1.29 is 13.2 Å². The van der Waals surface area contributed by atoms with Crippen LogP contribution in [0.15, 0.2) is 18.3 Å². The first-order valence-electron chi connectivity index (χ1n) is 9.76. The maximum Gasteiger partial charge on any atom is 0.167 e. The molecule has 4 heterocycles. The predicted molar refractivity (Wildman–Crippen MR) is 109 cm³/mol. The smallest absolute Gasteiger partial charge is 0.167 e. The van der Waals surface area contributed by atoms with Crippen LogP contribution in [-0.4, -0.2) is 65.3 Å². The van der Waals surface area contributed by atoms with Gasteiger partial charge in [0.1, 0.15) is 10.6 Å². The van der Waals surface area contributed by atoms with Crippen LogP contribution in [0.4, 0.5) is 5.82 Å². The number of morpholine rings is 1. The number of nitrogens with one attached hydrogen (secondary N) is 1. The molecule has 1 aliphatic carbocycles. The number of ether oxygens (including phenoxy) is 1. The van der Waals surface area contributed by atoms with Gasteiger partial charge in [-0.1, -0.05) is 0 Å². The van der Waals surface area contributed by atoms with E-state index in [1.807, 2.05) is 19.1 Å². The largest absolute Gasteiger partial charge is 0.377 e. The highest BCUT2D eigenvalue weighted by atomic mass is 32.2. The Kier molecular flexibility index (Phi) is 4.01. The fourth-order valence-corrected chi connectivity index (χ4v) is 5.53. The molecular formula is C19H24N6O3S. The first kappa shape index (κ1) is 18.6. The van der Waals surface area contributed by atoms with Crippen molar-refractivity contribution in [2.24, 2.45) is 0 Å². The molecule has 1 saturated heterocycles. The zero-order valence-corrected chi connectivity index (χ0v) is 17.5. The van der Waals surface area contributed by atoms with E-state index >= 15 is 0 Å². The summed E-state index contributed by atoms with van der Waals surface area (Å²) < 4.78 is 31.7. The Morgan fingerprint density at radius 2 is 2.10 bits per heavy atom. The fraction of sp³-hybridized carbons (Fsp3) is 0.526. The number of hydrogen-bond donors (Lipinski definition) is 1. The Bertz CT molecular complexity index is 1190. The first-order chi connectivity index (χ1) is 13.8. The number of sulfone groups is 1. The number of hydrogen-bond acceptors (Lipinski definition) is 7. The van der Waals surface area contributed by atoms with Crippen LogP contribution >= 0.6 is 0 Å². The van der Waals surface area contributed by atoms with E-state index in [0.29, 0.717) is 43.9 Å². The molecule has 154 valence electrons. The molecule has 1 saturated carbocycles. The Morgan fingerprint density at radius 3 is 2.72 bits per heavy atom. The van der Waals surface area contributed by atoms with Gasteiger partial charge in [-0.15, -0.1) is 0 Å². The van der Waals surface area contributed by atoms with Gasteiger partial charge < -0.3 is 9.64 Å². The number of aromatic amines is 1. The maximum absolute atomic E-state index is 12.7. The van der Waals surface area contributed by atoms with E-state index in [1.54, 1.807) is 10.7 Å². The first-order valence-corrected chi connectivity index (χ1v) is 11.6. The molecular weight excluding hydrogens is 392 g/mol. The molecule has 1 aliphatic heterocycles. The van der Waals surface area contributed by atoms with Gasteiger partial charge in [0.2, 0.25) is 0 Å². The second-order valence-electron chi connectivity index (χ2n) is 8.11. The second-order valence-corrected chi connectivity index (χ2v) is 10.4. The highest BCUT2D eigenvalue weighted by molar-refractivity contribution is 7.91. The normalized spacial score (nSPS) is 21.6. The van der Waals surface area contributed by atoms with Gasteiger partial charge >= 0.3 is 0 Å². The number of aryl methyl sites for hydroxylation is 1. The maximum atomic E-state index is 12.7. The van der Waals surface area contributed by atoms with Gasteiger partial charge in [-0.25, -0.2) is 17.9 Å². The Morgan fingerprint density at radius 1 is 1.31 bits per heavy atom. The molecule has 9 nitrogen and oxygen atoms in total. The molecule has 29 heavy (non-hydrogen) atoms. The number of anilines is 1. The molecule has 3 aromatic heterocycles. The summed E-state index contributed by atoms with van der Waals surface area (Å²) in [4.78, 5) is 7.08. The van der Waals surface area contributed by atoms with Crippen LogP contribution in [0.2, 0.25) is 0 Å². The number of nitrogens with zero attached hydrogens (tertiary/aromatic N) is 5. The van der Waals surface area contributed by atoms with E-state index in [9.17, 15) is 8.42 Å². The summed E-state index contributed by atoms with van der Waals surface area (Å²) in [6.45, 7) is 5.96. The minimum Gasteiger partial charge on any atom is -0.377 e. The van der Waals surface area contributed by atoms with E-state index in [0.717, 1.165) is 22.8 Å². The molecule has 3 aromatic rings. The van der Waals surface area contributed by atoms with Crippen molar-refractivity contribution in [2.75, 3.05) is 30.9 Å². The highest BCUT2D eigenvalue weighted by Gasteiger charge is 2.56. The summed E-state index contributed by atoms with van der Waals surface area (Å²) in [5.41, 5.74) is 3.76. The van der Waals surface area contributed by atoms with Crippen molar-refractivity contribution in [3.63, 3.8) is 0 Å². The van der Waals surface area contributed by atoms with Gasteiger partial charge in [0.25, 0.3) is 0 Å². The molecule has 0 bridgehead atoms. The van der Waals surface area contributed by atoms with Crippen LogP contribution in [0.25, 0.3) is 16.9 Å². The average molecular weight is 417 g/mol. The van der Waals surface area contributed by atoms with Crippen molar-refractivity contribution in [2.45, 2.75) is 37.5 Å². The molecule has 0 amide bonds. The number of rotatable bonds is 4. The summed E-state index contributed by atoms with van der Waals surface area (Å²) in [5, 5.41) is 11.8. The third kappa shape index (κ3) is 2.84. The van der Waals surface area contributed by atoms with E-state index in [-0.39, 0.29) is 6.04 Å². The monoisotopic (exact) mass is 416 g/mol. The van der Waals surface area contributed by atoms with Gasteiger partial charge in [0.15, 0.2) is 15.5 Å². The Balaban J connectivity index is 1.76. The lowest BCUT2D eigenvalue weighted by molar-refractivity contribution is 0.0985. The molecule has 1 unspecified atom stereocenters. The third-order valence-corrected chi connectivity index (χ3v) is 8.02. The van der Waals surface area contributed by atoms with Crippen LogP contribution in [0.1, 0.15) is 31.2 Å². The number of aromatic nitrogens is 5. The summed E-state index contributed by atoms with van der Waals surface area (Å²) in [6.07, 6.45) is 4.22. The van der Waals surface area contributed by atoms with E-state index < -0.39 is 14.6 Å². The lowest BCUT2D eigenvalue weighted by atomic mass is 10.2. The van der Waals surface area contributed by atoms with Gasteiger partial charge in [0, 0.05) is 24.6 Å². The predicted octanol–water partition coefficient (Wildman–Crippen LogP) is 1.69. The molecule has 0 aromatic carbocycles. The van der Waals surface area contributed by atoms with Crippen molar-refractivity contribution in [1.82, 2.24) is 24.8 Å². The van der Waals surface area contributed by atoms with E-state index in [2.05, 4.69) is 27.1 Å². The summed E-state index contributed by atoms with van der Waals surface area (Å²) >= 11 is 0. The van der Waals surface area contributed by atoms with E-state index in [1.165, 1.54) is 6.26 Å². The SMILES string of the molecule is Cc1cc(-c2cnn3c(C4(S(C)(=O)=O)CC4)cc(N4CCOCC4C)nc23)n[nH]1. The van der Waals surface area contributed by atoms with Crippen LogP contribution in [0.5, 0.6) is 0 Å². The molecule has 0 spiro atoms. The molecule has 5 rings (SSSR count). The quantitative estimate of drug-likeness (QED) is 0.690. The molecule has 2 fully saturated rings. The topological polar surface area (TPSA) is 105 Å². The minimum absolute atomic E-state index is 0.152. The zero-order chi connectivity index (χ0) is 20.4. The standard InChI is InChI=1S/C19H24N6O3S/c1-12-8-15(23-22-12)14-10-20-25-16(19(4-5-19)29(3,26)27)9-17(21-18(14)25)24-6-7-28-11-13(24)2/h8-10,13H,4-7,11H2,1-3H3,(H,22,23). The molecule has 1 atom stereocenters. The minimum atomic E-state index is -3.30. The van der Waals surface area contributed by atoms with Crippen LogP contribution in [0.3, 0.4) is 0 Å². The van der Waals surface area contributed by atoms with Crippen LogP contribution in [-0.2, 0) is 19.3 Å². The van der Waals surface area contributed by atoms with E-state index in [4.69, 9.17) is 9.72 Å². The molecule has 2 aliphatic rings. The van der Waals surface area contributed by atoms with Crippen molar-refractivity contribution in [1.29, 1.82) is 0 Å².